The summed E-state index contributed by atoms with van der Waals surface area (Å²) in [7, 11) is 5.75. The Balaban J connectivity index is 1.97. The summed E-state index contributed by atoms with van der Waals surface area (Å²) in [5.41, 5.74) is 1.71. The van der Waals surface area contributed by atoms with Crippen LogP contribution in [0.5, 0.6) is 0 Å². The van der Waals surface area contributed by atoms with Crippen molar-refractivity contribution in [3.05, 3.63) is 42.2 Å². The third kappa shape index (κ3) is 3.69. The molecular weight excluding hydrogens is 250 g/mol. The van der Waals surface area contributed by atoms with Crippen molar-refractivity contribution in [2.24, 2.45) is 0 Å². The second-order valence-corrected chi connectivity index (χ2v) is 4.53. The maximum absolute atomic E-state index is 4.17. The highest BCUT2D eigenvalue weighted by Gasteiger charge is 1.99. The van der Waals surface area contributed by atoms with Gasteiger partial charge in [-0.25, -0.2) is 4.98 Å². The zero-order valence-electron chi connectivity index (χ0n) is 11.9. The highest BCUT2D eigenvalue weighted by atomic mass is 15.3. The molecule has 2 aromatic rings. The summed E-state index contributed by atoms with van der Waals surface area (Å²) in [6, 6.07) is 10.1. The van der Waals surface area contributed by atoms with Gasteiger partial charge in [0.2, 0.25) is 5.95 Å². The van der Waals surface area contributed by atoms with Gasteiger partial charge in [-0.05, 0) is 18.1 Å². The predicted octanol–water partition coefficient (Wildman–Crippen LogP) is 1.43. The Morgan fingerprint density at radius 2 is 1.80 bits per heavy atom. The van der Waals surface area contributed by atoms with Crippen LogP contribution in [0.1, 0.15) is 5.69 Å². The van der Waals surface area contributed by atoms with Crippen molar-refractivity contribution >= 4 is 11.6 Å². The van der Waals surface area contributed by atoms with Crippen molar-refractivity contribution in [2.75, 3.05) is 37.5 Å². The number of rotatable bonds is 3. The Kier molecular flexibility index (Phi) is 4.51. The number of hydrogen-bond donors (Lipinski definition) is 0. The van der Waals surface area contributed by atoms with E-state index in [4.69, 9.17) is 0 Å². The number of anilines is 2. The molecule has 102 valence electrons. The molecule has 0 bridgehead atoms. The van der Waals surface area contributed by atoms with Gasteiger partial charge in [0.1, 0.15) is 0 Å². The van der Waals surface area contributed by atoms with Crippen LogP contribution < -0.4 is 9.80 Å². The molecule has 5 nitrogen and oxygen atoms in total. The van der Waals surface area contributed by atoms with Crippen molar-refractivity contribution in [1.29, 1.82) is 0 Å². The van der Waals surface area contributed by atoms with Crippen LogP contribution >= 0.6 is 0 Å². The van der Waals surface area contributed by atoms with Gasteiger partial charge in [-0.15, -0.1) is 10.2 Å². The zero-order chi connectivity index (χ0) is 14.4. The minimum absolute atomic E-state index is 0.581. The van der Waals surface area contributed by atoms with Crippen molar-refractivity contribution < 1.29 is 0 Å². The molecule has 0 unspecified atom stereocenters. The van der Waals surface area contributed by atoms with Gasteiger partial charge in [-0.2, -0.15) is 0 Å². The third-order valence-corrected chi connectivity index (χ3v) is 2.68. The van der Waals surface area contributed by atoms with E-state index in [1.54, 1.807) is 11.1 Å². The number of hydrogen-bond acceptors (Lipinski definition) is 5. The highest BCUT2D eigenvalue weighted by Crippen LogP contribution is 2.09. The average molecular weight is 267 g/mol. The van der Waals surface area contributed by atoms with E-state index in [0.29, 0.717) is 18.2 Å². The van der Waals surface area contributed by atoms with Crippen LogP contribution in [0.25, 0.3) is 0 Å². The monoisotopic (exact) mass is 267 g/mol. The summed E-state index contributed by atoms with van der Waals surface area (Å²) in [5, 5.41) is 8.01. The first-order valence-corrected chi connectivity index (χ1v) is 6.29. The van der Waals surface area contributed by atoms with Crippen LogP contribution in [-0.4, -0.2) is 42.9 Å². The van der Waals surface area contributed by atoms with E-state index in [2.05, 4.69) is 44.1 Å². The molecule has 0 fully saturated rings. The van der Waals surface area contributed by atoms with Gasteiger partial charge >= 0.3 is 0 Å². The van der Waals surface area contributed by atoms with Crippen molar-refractivity contribution in [3.8, 4) is 11.8 Å². The fraction of sp³-hybridized carbons (Fsp3) is 0.267. The van der Waals surface area contributed by atoms with E-state index in [0.717, 1.165) is 5.69 Å². The average Bonchev–Trinajstić information content (AvgIpc) is 2.48. The Bertz CT molecular complexity index is 596. The number of nitrogens with zero attached hydrogens (tertiary/aromatic N) is 5. The molecule has 0 saturated heterocycles. The Morgan fingerprint density at radius 1 is 1.05 bits per heavy atom. The molecule has 0 spiro atoms. The quantitative estimate of drug-likeness (QED) is 0.787. The maximum atomic E-state index is 4.17. The lowest BCUT2D eigenvalue weighted by molar-refractivity contribution is 0.897. The van der Waals surface area contributed by atoms with Crippen LogP contribution in [0.3, 0.4) is 0 Å². The molecule has 2 rings (SSSR count). The highest BCUT2D eigenvalue weighted by molar-refractivity contribution is 5.46. The first kappa shape index (κ1) is 13.8. The summed E-state index contributed by atoms with van der Waals surface area (Å²) < 4.78 is 0. The summed E-state index contributed by atoms with van der Waals surface area (Å²) in [6.45, 7) is 0.626. The Hall–Kier alpha value is -2.61. The van der Waals surface area contributed by atoms with E-state index >= 15 is 0 Å². The minimum atomic E-state index is 0.581. The van der Waals surface area contributed by atoms with Crippen LogP contribution in [0.2, 0.25) is 0 Å². The lowest BCUT2D eigenvalue weighted by atomic mass is 10.3. The molecular formula is C15H17N5. The first-order chi connectivity index (χ1) is 9.66. The van der Waals surface area contributed by atoms with Gasteiger partial charge in [0.05, 0.1) is 12.7 Å². The van der Waals surface area contributed by atoms with E-state index in [9.17, 15) is 0 Å². The van der Waals surface area contributed by atoms with Gasteiger partial charge in [0.15, 0.2) is 5.69 Å². The topological polar surface area (TPSA) is 45.2 Å². The van der Waals surface area contributed by atoms with Crippen LogP contribution in [0.4, 0.5) is 11.6 Å². The van der Waals surface area contributed by atoms with Crippen molar-refractivity contribution in [3.63, 3.8) is 0 Å². The molecule has 20 heavy (non-hydrogen) atoms. The molecule has 0 aliphatic carbocycles. The summed E-state index contributed by atoms with van der Waals surface area (Å²) in [4.78, 5) is 8.04. The summed E-state index contributed by atoms with van der Waals surface area (Å²) >= 11 is 0. The van der Waals surface area contributed by atoms with Gasteiger partial charge in [-0.3, -0.25) is 0 Å². The summed E-state index contributed by atoms with van der Waals surface area (Å²) in [5.74, 6) is 6.61. The molecule has 0 aliphatic rings. The van der Waals surface area contributed by atoms with E-state index in [1.807, 2.05) is 39.3 Å². The van der Waals surface area contributed by atoms with Crippen LogP contribution in [0, 0.1) is 11.8 Å². The molecule has 5 heteroatoms. The lowest BCUT2D eigenvalue weighted by Gasteiger charge is -2.15. The molecule has 0 N–H and O–H groups in total. The lowest BCUT2D eigenvalue weighted by Crippen LogP contribution is -2.16. The van der Waals surface area contributed by atoms with E-state index in [1.165, 1.54) is 0 Å². The smallest absolute Gasteiger partial charge is 0.244 e. The van der Waals surface area contributed by atoms with Crippen molar-refractivity contribution in [1.82, 2.24) is 15.2 Å². The predicted molar refractivity (Wildman–Crippen MR) is 80.7 cm³/mol. The minimum Gasteiger partial charge on any atom is -0.363 e. The van der Waals surface area contributed by atoms with Crippen LogP contribution in [0.15, 0.2) is 36.5 Å². The first-order valence-electron chi connectivity index (χ1n) is 6.29. The third-order valence-electron chi connectivity index (χ3n) is 2.68. The fourth-order valence-electron chi connectivity index (χ4n) is 1.55. The Labute approximate surface area is 119 Å². The van der Waals surface area contributed by atoms with E-state index < -0.39 is 0 Å². The van der Waals surface area contributed by atoms with Gasteiger partial charge < -0.3 is 9.80 Å². The molecule has 0 atom stereocenters. The molecule has 1 aromatic carbocycles. The SMILES string of the molecule is CN(C)c1ncc(C#CCN(C)c2ccccc2)nn1. The standard InChI is InChI=1S/C15H17N5/c1-19(2)15-16-12-13(17-18-15)8-7-11-20(3)14-9-5-4-6-10-14/h4-6,9-10,12H,11H2,1-3H3. The zero-order valence-corrected chi connectivity index (χ0v) is 11.9. The van der Waals surface area contributed by atoms with Crippen molar-refractivity contribution in [2.45, 2.75) is 0 Å². The number of benzene rings is 1. The Morgan fingerprint density at radius 3 is 2.40 bits per heavy atom. The summed E-state index contributed by atoms with van der Waals surface area (Å²) in [6.07, 6.45) is 1.64. The van der Waals surface area contributed by atoms with Gasteiger partial charge in [-0.1, -0.05) is 24.1 Å². The number of para-hydroxylation sites is 1. The second-order valence-electron chi connectivity index (χ2n) is 4.53. The molecule has 0 radical (unpaired) electrons. The second kappa shape index (κ2) is 6.53. The molecule has 1 heterocycles. The normalized spacial score (nSPS) is 9.55. The molecule has 0 amide bonds. The molecule has 0 aliphatic heterocycles. The van der Waals surface area contributed by atoms with E-state index in [-0.39, 0.29) is 0 Å². The molecule has 1 aromatic heterocycles. The molecule has 0 saturated carbocycles. The fourth-order valence-corrected chi connectivity index (χ4v) is 1.55. The maximum Gasteiger partial charge on any atom is 0.244 e. The largest absolute Gasteiger partial charge is 0.363 e. The van der Waals surface area contributed by atoms with Gasteiger partial charge in [0, 0.05) is 26.8 Å². The van der Waals surface area contributed by atoms with Gasteiger partial charge in [0.25, 0.3) is 0 Å². The number of aromatic nitrogens is 3. The van der Waals surface area contributed by atoms with Crippen LogP contribution in [-0.2, 0) is 0 Å².